The number of nitriles is 1. The number of aromatic nitrogens is 2. The van der Waals surface area contributed by atoms with Crippen LogP contribution in [0, 0.1) is 11.3 Å². The summed E-state index contributed by atoms with van der Waals surface area (Å²) in [7, 11) is 0. The normalized spacial score (nSPS) is 13.7. The van der Waals surface area contributed by atoms with Gasteiger partial charge < -0.3 is 9.88 Å². The van der Waals surface area contributed by atoms with Crippen molar-refractivity contribution in [2.75, 3.05) is 11.4 Å². The fourth-order valence-electron chi connectivity index (χ4n) is 2.47. The topological polar surface area (TPSA) is 72.8 Å². The Morgan fingerprint density at radius 2 is 2.30 bits per heavy atom. The first kappa shape index (κ1) is 12.7. The van der Waals surface area contributed by atoms with Gasteiger partial charge in [0.05, 0.1) is 40.4 Å². The molecule has 0 amide bonds. The molecule has 1 aromatic carbocycles. The highest BCUT2D eigenvalue weighted by atomic mass is 35.5. The molecule has 0 fully saturated rings. The van der Waals surface area contributed by atoms with E-state index in [1.54, 1.807) is 18.2 Å². The van der Waals surface area contributed by atoms with E-state index >= 15 is 0 Å². The number of benzene rings is 1. The number of H-pyrrole nitrogens is 1. The molecule has 0 spiro atoms. The first-order valence-electron chi connectivity index (χ1n) is 6.19. The molecule has 0 bridgehead atoms. The summed E-state index contributed by atoms with van der Waals surface area (Å²) in [4.78, 5) is 20.6. The molecule has 1 aliphatic rings. The average Bonchev–Trinajstić information content (AvgIpc) is 2.47. The van der Waals surface area contributed by atoms with Crippen molar-refractivity contribution in [2.24, 2.45) is 0 Å². The number of nitrogens with one attached hydrogen (secondary N) is 1. The monoisotopic (exact) mass is 286 g/mol. The van der Waals surface area contributed by atoms with Crippen LogP contribution in [-0.4, -0.2) is 16.5 Å². The Hall–Kier alpha value is -2.32. The minimum atomic E-state index is -0.134. The second-order valence-electron chi connectivity index (χ2n) is 4.58. The summed E-state index contributed by atoms with van der Waals surface area (Å²) in [6.07, 6.45) is 2.09. The Morgan fingerprint density at radius 1 is 1.45 bits per heavy atom. The fraction of sp³-hybridized carbons (Fsp3) is 0.214. The number of anilines is 1. The number of rotatable bonds is 1. The van der Waals surface area contributed by atoms with E-state index in [-0.39, 0.29) is 5.56 Å². The summed E-state index contributed by atoms with van der Waals surface area (Å²) < 4.78 is 0. The zero-order chi connectivity index (χ0) is 14.1. The molecule has 2 aromatic rings. The fourth-order valence-corrected chi connectivity index (χ4v) is 2.77. The molecule has 0 radical (unpaired) electrons. The Balaban J connectivity index is 2.06. The van der Waals surface area contributed by atoms with Crippen molar-refractivity contribution in [1.82, 2.24) is 9.97 Å². The summed E-state index contributed by atoms with van der Waals surface area (Å²) in [5.41, 5.74) is 2.52. The van der Waals surface area contributed by atoms with Crippen LogP contribution in [0.15, 0.2) is 29.3 Å². The molecule has 3 rings (SSSR count). The van der Waals surface area contributed by atoms with E-state index in [1.165, 1.54) is 6.33 Å². The number of fused-ring (bicyclic) bond motifs is 1. The van der Waals surface area contributed by atoms with Gasteiger partial charge in [-0.05, 0) is 12.1 Å². The van der Waals surface area contributed by atoms with Gasteiger partial charge in [-0.2, -0.15) is 5.26 Å². The van der Waals surface area contributed by atoms with Crippen molar-refractivity contribution in [2.45, 2.75) is 13.0 Å². The van der Waals surface area contributed by atoms with Crippen LogP contribution in [0.25, 0.3) is 0 Å². The molecule has 6 heteroatoms. The number of nitrogens with zero attached hydrogens (tertiary/aromatic N) is 3. The van der Waals surface area contributed by atoms with Gasteiger partial charge in [-0.3, -0.25) is 4.79 Å². The minimum absolute atomic E-state index is 0.134. The standard InChI is InChI=1S/C14H11ClN4O/c15-11-3-1-2-9(6-16)13(11)19-5-4-12-10(7-19)14(20)18-8-17-12/h1-3,8H,4-5,7H2,(H,17,18,20). The molecule has 0 unspecified atom stereocenters. The van der Waals surface area contributed by atoms with Crippen molar-refractivity contribution in [3.63, 3.8) is 0 Å². The van der Waals surface area contributed by atoms with E-state index in [4.69, 9.17) is 11.6 Å². The Bertz CT molecular complexity index is 762. The molecule has 0 saturated carbocycles. The molecule has 0 saturated heterocycles. The van der Waals surface area contributed by atoms with E-state index in [1.807, 2.05) is 4.90 Å². The maximum absolute atomic E-state index is 11.9. The van der Waals surface area contributed by atoms with Gasteiger partial charge in [-0.15, -0.1) is 0 Å². The molecule has 20 heavy (non-hydrogen) atoms. The van der Waals surface area contributed by atoms with Crippen molar-refractivity contribution < 1.29 is 0 Å². The molecule has 0 aliphatic carbocycles. The van der Waals surface area contributed by atoms with E-state index in [9.17, 15) is 10.1 Å². The van der Waals surface area contributed by atoms with Gasteiger partial charge >= 0.3 is 0 Å². The van der Waals surface area contributed by atoms with Crippen LogP contribution in [0.3, 0.4) is 0 Å². The van der Waals surface area contributed by atoms with E-state index in [2.05, 4.69) is 16.0 Å². The zero-order valence-electron chi connectivity index (χ0n) is 10.6. The third-order valence-electron chi connectivity index (χ3n) is 3.43. The number of aromatic amines is 1. The van der Waals surface area contributed by atoms with Gasteiger partial charge in [0.15, 0.2) is 0 Å². The summed E-state index contributed by atoms with van der Waals surface area (Å²) in [5.74, 6) is 0. The number of halogens is 1. The second kappa shape index (κ2) is 4.99. The molecule has 1 aliphatic heterocycles. The van der Waals surface area contributed by atoms with Crippen LogP contribution in [0.5, 0.6) is 0 Å². The summed E-state index contributed by atoms with van der Waals surface area (Å²) in [6, 6.07) is 7.37. The lowest BCUT2D eigenvalue weighted by molar-refractivity contribution is 0.697. The van der Waals surface area contributed by atoms with Crippen molar-refractivity contribution in [1.29, 1.82) is 5.26 Å². The molecule has 100 valence electrons. The third-order valence-corrected chi connectivity index (χ3v) is 3.73. The first-order valence-corrected chi connectivity index (χ1v) is 6.57. The van der Waals surface area contributed by atoms with Gasteiger partial charge in [0, 0.05) is 13.0 Å². The van der Waals surface area contributed by atoms with Crippen LogP contribution in [-0.2, 0) is 13.0 Å². The van der Waals surface area contributed by atoms with Gasteiger partial charge in [0.1, 0.15) is 6.07 Å². The van der Waals surface area contributed by atoms with E-state index < -0.39 is 0 Å². The van der Waals surface area contributed by atoms with Crippen LogP contribution in [0.1, 0.15) is 16.8 Å². The lowest BCUT2D eigenvalue weighted by Gasteiger charge is -2.30. The van der Waals surface area contributed by atoms with Crippen molar-refractivity contribution in [3.05, 3.63) is 56.7 Å². The molecule has 1 N–H and O–H groups in total. The van der Waals surface area contributed by atoms with Crippen LogP contribution >= 0.6 is 11.6 Å². The summed E-state index contributed by atoms with van der Waals surface area (Å²) in [6.45, 7) is 1.10. The van der Waals surface area contributed by atoms with Crippen molar-refractivity contribution in [3.8, 4) is 6.07 Å². The summed E-state index contributed by atoms with van der Waals surface area (Å²) >= 11 is 6.21. The largest absolute Gasteiger partial charge is 0.364 e. The van der Waals surface area contributed by atoms with Crippen LogP contribution < -0.4 is 10.5 Å². The number of hydrogen-bond donors (Lipinski definition) is 1. The highest BCUT2D eigenvalue weighted by Gasteiger charge is 2.23. The quantitative estimate of drug-likeness (QED) is 0.868. The van der Waals surface area contributed by atoms with E-state index in [0.717, 1.165) is 5.69 Å². The zero-order valence-corrected chi connectivity index (χ0v) is 11.3. The van der Waals surface area contributed by atoms with Gasteiger partial charge in [-0.25, -0.2) is 4.98 Å². The molecule has 2 heterocycles. The van der Waals surface area contributed by atoms with Gasteiger partial charge in [-0.1, -0.05) is 17.7 Å². The first-order chi connectivity index (χ1) is 9.70. The predicted molar refractivity (Wildman–Crippen MR) is 75.8 cm³/mol. The Labute approximate surface area is 120 Å². The smallest absolute Gasteiger partial charge is 0.255 e. The number of hydrogen-bond acceptors (Lipinski definition) is 4. The molecular weight excluding hydrogens is 276 g/mol. The Morgan fingerprint density at radius 3 is 3.10 bits per heavy atom. The summed E-state index contributed by atoms with van der Waals surface area (Å²) in [5, 5.41) is 9.73. The maximum Gasteiger partial charge on any atom is 0.255 e. The predicted octanol–water partition coefficient (Wildman–Crippen LogP) is 1.86. The van der Waals surface area contributed by atoms with Gasteiger partial charge in [0.25, 0.3) is 5.56 Å². The van der Waals surface area contributed by atoms with E-state index in [0.29, 0.717) is 41.3 Å². The average molecular weight is 287 g/mol. The minimum Gasteiger partial charge on any atom is -0.364 e. The maximum atomic E-state index is 11.9. The lowest BCUT2D eigenvalue weighted by atomic mass is 10.0. The second-order valence-corrected chi connectivity index (χ2v) is 4.98. The van der Waals surface area contributed by atoms with Crippen LogP contribution in [0.4, 0.5) is 5.69 Å². The van der Waals surface area contributed by atoms with Crippen molar-refractivity contribution >= 4 is 17.3 Å². The number of para-hydroxylation sites is 1. The molecular formula is C14H11ClN4O. The molecule has 5 nitrogen and oxygen atoms in total. The Kier molecular flexibility index (Phi) is 3.17. The van der Waals surface area contributed by atoms with Gasteiger partial charge in [0.2, 0.25) is 0 Å². The third kappa shape index (κ3) is 2.04. The van der Waals surface area contributed by atoms with Crippen LogP contribution in [0.2, 0.25) is 5.02 Å². The molecule has 1 aromatic heterocycles. The highest BCUT2D eigenvalue weighted by molar-refractivity contribution is 6.33. The lowest BCUT2D eigenvalue weighted by Crippen LogP contribution is -2.36. The SMILES string of the molecule is N#Cc1cccc(Cl)c1N1CCc2nc[nH]c(=O)c2C1. The highest BCUT2D eigenvalue weighted by Crippen LogP contribution is 2.32. The molecule has 0 atom stereocenters.